The van der Waals surface area contributed by atoms with Gasteiger partial charge in [-0.15, -0.1) is 20.2 Å². The molecule has 0 spiro atoms. The maximum Gasteiger partial charge on any atom is 0 e. The van der Waals surface area contributed by atoms with Crippen molar-refractivity contribution in [1.29, 1.82) is 0 Å². The second-order valence-electron chi connectivity index (χ2n) is 6.80. The molecule has 0 aliphatic rings. The average Bonchev–Trinajstić information content (AvgIpc) is 2.44. The van der Waals surface area contributed by atoms with E-state index in [1.165, 1.54) is 9.91 Å². The van der Waals surface area contributed by atoms with Gasteiger partial charge in [-0.2, -0.15) is 0 Å². The van der Waals surface area contributed by atoms with Crippen LogP contribution in [0.15, 0.2) is 0 Å². The van der Waals surface area contributed by atoms with Crippen LogP contribution in [0.2, 0.25) is 52.4 Å². The SMILES string of the molecule is C.C.CO.COP[SiH3].C[Si](C)(C)O[Si](C)(C)O[Si](C)(C)C.O=[N+]([O-])O.O=[N+]([O-])O.[B].[Na].[O]=[Ce]=[O].[Pd]. The van der Waals surface area contributed by atoms with Crippen LogP contribution in [0.1, 0.15) is 14.9 Å². The van der Waals surface area contributed by atoms with Crippen molar-refractivity contribution in [2.45, 2.75) is 67.2 Å². The van der Waals surface area contributed by atoms with E-state index in [-0.39, 0.29) is 73.2 Å². The van der Waals surface area contributed by atoms with Crippen molar-refractivity contribution in [2.24, 2.45) is 0 Å². The van der Waals surface area contributed by atoms with Crippen molar-refractivity contribution in [3.8, 4) is 0 Å². The van der Waals surface area contributed by atoms with Crippen molar-refractivity contribution in [3.63, 3.8) is 0 Å². The number of nitrogens with zero attached hydrogens (tertiary/aromatic N) is 2. The van der Waals surface area contributed by atoms with E-state index in [9.17, 15) is 0 Å². The van der Waals surface area contributed by atoms with E-state index in [2.05, 4.69) is 56.9 Å². The molecule has 0 saturated heterocycles. The summed E-state index contributed by atoms with van der Waals surface area (Å²) in [6.45, 7) is 17.6. The van der Waals surface area contributed by atoms with Gasteiger partial charge in [-0.3, -0.25) is 0 Å². The minimum absolute atomic E-state index is 0. The quantitative estimate of drug-likeness (QED) is 0.158. The second kappa shape index (κ2) is 46.1. The fraction of sp³-hybridized carbons (Fsp3) is 1.00. The largest absolute Gasteiger partial charge is 0 e. The van der Waals surface area contributed by atoms with Gasteiger partial charge in [0.05, 0.1) is 9.91 Å². The molecule has 0 fully saturated rings. The number of aliphatic hydroxyl groups is 1. The topological polar surface area (TPSA) is 209 Å². The molecule has 0 heterocycles. The summed E-state index contributed by atoms with van der Waals surface area (Å²) in [6.07, 6.45) is 0. The Balaban J connectivity index is -0.0000000248. The van der Waals surface area contributed by atoms with Gasteiger partial charge >= 0.3 is 48.2 Å². The first-order valence-corrected chi connectivity index (χ1v) is 24.5. The molecule has 35 heavy (non-hydrogen) atoms. The van der Waals surface area contributed by atoms with Crippen molar-refractivity contribution < 1.29 is 98.5 Å². The van der Waals surface area contributed by atoms with Crippen LogP contribution in [0.3, 0.4) is 0 Å². The summed E-state index contributed by atoms with van der Waals surface area (Å²) in [4.78, 5) is 16.7. The third kappa shape index (κ3) is 183. The monoisotopic (exact) mass is 832 g/mol. The zero-order valence-corrected chi connectivity index (χ0v) is 34.0. The van der Waals surface area contributed by atoms with Crippen LogP contribution in [0.25, 0.3) is 0 Å². The standard InChI is InChI=1S/C8H24O2Si3.CH7OPSi.CH4O.2CH4.B.Ce.2HNO3.Na.2O.Pd/c1-11(2,3)9-13(7,8)10-12(4,5)6;1-2-3-4;1-2;;;;;2*2-1(3)4;;;;/h1-8H3;3H,1,4H3;2H,1H3;2*1H4;;;2*(H,2,3,4);;;;. The molecule has 214 valence electrons. The molecule has 0 rings (SSSR count). The molecule has 0 amide bonds. The van der Waals surface area contributed by atoms with Crippen molar-refractivity contribution >= 4 is 81.4 Å². The molecule has 1 atom stereocenters. The Morgan fingerprint density at radius 2 is 0.943 bits per heavy atom. The van der Waals surface area contributed by atoms with Gasteiger partial charge in [0.1, 0.15) is 0 Å². The summed E-state index contributed by atoms with van der Waals surface area (Å²) in [7, 11) is -0.0154. The summed E-state index contributed by atoms with van der Waals surface area (Å²) >= 11 is -2.42. The summed E-state index contributed by atoms with van der Waals surface area (Å²) in [6, 6.07) is 0. The molecule has 0 aliphatic heterocycles. The smallest absolute Gasteiger partial charge is 0 e. The molecule has 0 aromatic heterocycles. The molecule has 0 aromatic rings. The summed E-state index contributed by atoms with van der Waals surface area (Å²) in [5.41, 5.74) is 0. The normalized spacial score (nSPS) is 8.54. The average molecular weight is 833 g/mol. The number of hydrogen-bond acceptors (Lipinski definition) is 10. The fourth-order valence-corrected chi connectivity index (χ4v) is 13.8. The Kier molecular flexibility index (Phi) is 93.6. The van der Waals surface area contributed by atoms with E-state index >= 15 is 0 Å². The van der Waals surface area contributed by atoms with Crippen molar-refractivity contribution in [3.05, 3.63) is 20.2 Å². The van der Waals surface area contributed by atoms with Crippen LogP contribution in [0.5, 0.6) is 0 Å². The van der Waals surface area contributed by atoms with Crippen molar-refractivity contribution in [1.82, 2.24) is 0 Å². The summed E-state index contributed by atoms with van der Waals surface area (Å²) in [5, 5.41) is 34.3. The second-order valence-corrected chi connectivity index (χ2v) is 22.2. The van der Waals surface area contributed by atoms with Gasteiger partial charge in [0, 0.05) is 72.6 Å². The Morgan fingerprint density at radius 3 is 1.00 bits per heavy atom. The van der Waals surface area contributed by atoms with Crippen LogP contribution >= 0.6 is 8.36 Å². The molecule has 23 heteroatoms. The van der Waals surface area contributed by atoms with E-state index in [0.717, 1.165) is 15.5 Å². The summed E-state index contributed by atoms with van der Waals surface area (Å²) in [5.74, 6) is 0. The Morgan fingerprint density at radius 1 is 0.829 bits per heavy atom. The molecular weight excluding hydrogens is 788 g/mol. The number of rotatable bonds is 5. The molecule has 3 N–H and O–H groups in total. The van der Waals surface area contributed by atoms with E-state index in [1.54, 1.807) is 7.11 Å². The van der Waals surface area contributed by atoms with E-state index in [4.69, 9.17) is 45.9 Å². The van der Waals surface area contributed by atoms with Gasteiger partial charge in [0.2, 0.25) is 0 Å². The Bertz CT molecular complexity index is 428. The first-order chi connectivity index (χ1) is 13.2. The first-order valence-electron chi connectivity index (χ1n) is 7.91. The maximum atomic E-state index is 8.57. The predicted molar refractivity (Wildman–Crippen MR) is 144 cm³/mol. The third-order valence-electron chi connectivity index (χ3n) is 1.31. The molecule has 0 aliphatic carbocycles. The Hall–Kier alpha value is 2.24. The molecule has 1 unspecified atom stereocenters. The van der Waals surface area contributed by atoms with Crippen molar-refractivity contribution in [2.75, 3.05) is 14.2 Å². The Labute approximate surface area is 278 Å². The van der Waals surface area contributed by atoms with Crippen LogP contribution in [-0.2, 0) is 35.1 Å². The molecule has 0 bridgehead atoms. The van der Waals surface area contributed by atoms with E-state index < -0.39 is 73.2 Å². The molecule has 14 nitrogen and oxygen atoms in total. The van der Waals surface area contributed by atoms with E-state index in [0.29, 0.717) is 0 Å². The number of hydrogen-bond donors (Lipinski definition) is 3. The van der Waals surface area contributed by atoms with Gasteiger partial charge in [0.25, 0.3) is 10.2 Å². The van der Waals surface area contributed by atoms with E-state index in [1.807, 2.05) is 0 Å². The maximum absolute atomic E-state index is 8.57. The molecule has 4 radical (unpaired) electrons. The summed E-state index contributed by atoms with van der Waals surface area (Å²) < 4.78 is 34.0. The first kappa shape index (κ1) is 71.0. The minimum Gasteiger partial charge on any atom is 0 e. The van der Waals surface area contributed by atoms with Gasteiger partial charge in [-0.25, -0.2) is 0 Å². The van der Waals surface area contributed by atoms with Crippen LogP contribution in [-0.4, -0.2) is 113 Å². The molecule has 0 aromatic carbocycles. The minimum atomic E-state index is -2.42. The van der Waals surface area contributed by atoms with Crippen LogP contribution in [0.4, 0.5) is 0 Å². The van der Waals surface area contributed by atoms with Gasteiger partial charge in [0.15, 0.2) is 16.6 Å². The zero-order chi connectivity index (χ0) is 26.2. The molecule has 0 saturated carbocycles. The molecular formula is C12H45BCeN2NaO12PPdSi4. The van der Waals surface area contributed by atoms with Gasteiger partial charge in [-0.05, 0) is 60.7 Å². The van der Waals surface area contributed by atoms with Crippen LogP contribution < -0.4 is 0 Å². The number of aliphatic hydroxyl groups excluding tert-OH is 1. The fourth-order valence-electron chi connectivity index (χ4n) is 1.50. The predicted octanol–water partition coefficient (Wildman–Crippen LogP) is 2.08. The van der Waals surface area contributed by atoms with Crippen LogP contribution in [0, 0.1) is 58.0 Å². The zero-order valence-electron chi connectivity index (χ0n) is 21.3. The third-order valence-corrected chi connectivity index (χ3v) is 11.8. The van der Waals surface area contributed by atoms with Gasteiger partial charge < -0.3 is 28.3 Å². The van der Waals surface area contributed by atoms with Gasteiger partial charge in [-0.1, -0.05) is 14.9 Å².